The van der Waals surface area contributed by atoms with Gasteiger partial charge in [0.25, 0.3) is 0 Å². The van der Waals surface area contributed by atoms with Gasteiger partial charge in [0.1, 0.15) is 5.82 Å². The predicted molar refractivity (Wildman–Crippen MR) is 140 cm³/mol. The van der Waals surface area contributed by atoms with E-state index in [1.165, 1.54) is 0 Å². The van der Waals surface area contributed by atoms with Crippen molar-refractivity contribution >= 4 is 28.8 Å². The second-order valence-electron chi connectivity index (χ2n) is 10.9. The van der Waals surface area contributed by atoms with E-state index in [-0.39, 0.29) is 23.9 Å². The van der Waals surface area contributed by atoms with Gasteiger partial charge in [0.2, 0.25) is 5.91 Å². The van der Waals surface area contributed by atoms with Crippen LogP contribution < -0.4 is 15.1 Å². The van der Waals surface area contributed by atoms with Crippen LogP contribution in [0.5, 0.6) is 0 Å². The summed E-state index contributed by atoms with van der Waals surface area (Å²) in [6, 6.07) is 9.92. The Labute approximate surface area is 220 Å². The standard InChI is InChI=1S/C28H34F3N5O2/c29-28(30,31)18-36(22-7-8-22)21-5-3-19(4-6-21)27(37)35-17-20-2-1-11-32-26(20)33-24-10-9-23(16-25(24)35)34-12-14-38-15-13-34/h1-2,9-11,16,19,21-22H,3-8,12-15,17-18H2,(H,32,33)/t19-,21+. The van der Waals surface area contributed by atoms with Gasteiger partial charge in [-0.2, -0.15) is 13.2 Å². The van der Waals surface area contributed by atoms with Gasteiger partial charge >= 0.3 is 6.18 Å². The average molecular weight is 530 g/mol. The monoisotopic (exact) mass is 529 g/mol. The van der Waals surface area contributed by atoms with E-state index in [0.29, 0.717) is 45.4 Å². The van der Waals surface area contributed by atoms with Crippen LogP contribution in [0.1, 0.15) is 44.1 Å². The maximum atomic E-state index is 14.1. The first-order valence-corrected chi connectivity index (χ1v) is 13.7. The maximum Gasteiger partial charge on any atom is 0.401 e. The van der Waals surface area contributed by atoms with Crippen LogP contribution >= 0.6 is 0 Å². The van der Waals surface area contributed by atoms with Gasteiger partial charge in [-0.25, -0.2) is 4.98 Å². The summed E-state index contributed by atoms with van der Waals surface area (Å²) < 4.78 is 45.2. The maximum absolute atomic E-state index is 14.1. The van der Waals surface area contributed by atoms with Crippen LogP contribution in [0.25, 0.3) is 0 Å². The molecule has 3 heterocycles. The molecule has 2 saturated carbocycles. The second kappa shape index (κ2) is 10.4. The van der Waals surface area contributed by atoms with Gasteiger partial charge in [-0.15, -0.1) is 0 Å². The van der Waals surface area contributed by atoms with Crippen molar-refractivity contribution in [2.75, 3.05) is 48.0 Å². The van der Waals surface area contributed by atoms with Crippen LogP contribution in [0, 0.1) is 5.92 Å². The van der Waals surface area contributed by atoms with Crippen molar-refractivity contribution in [3.63, 3.8) is 0 Å². The van der Waals surface area contributed by atoms with Crippen molar-refractivity contribution in [1.82, 2.24) is 9.88 Å². The number of alkyl halides is 3. The van der Waals surface area contributed by atoms with Crippen molar-refractivity contribution < 1.29 is 22.7 Å². The van der Waals surface area contributed by atoms with E-state index in [1.54, 1.807) is 11.1 Å². The zero-order valence-electron chi connectivity index (χ0n) is 21.4. The number of nitrogens with zero attached hydrogens (tertiary/aromatic N) is 4. The van der Waals surface area contributed by atoms with Gasteiger partial charge in [0.15, 0.2) is 0 Å². The molecule has 1 aromatic heterocycles. The lowest BCUT2D eigenvalue weighted by molar-refractivity contribution is -0.154. The number of benzene rings is 1. The van der Waals surface area contributed by atoms with Crippen molar-refractivity contribution in [3.8, 4) is 0 Å². The molecule has 2 aliphatic carbocycles. The molecule has 3 fully saturated rings. The molecule has 1 saturated heterocycles. The second-order valence-corrected chi connectivity index (χ2v) is 10.9. The molecule has 4 aliphatic rings. The summed E-state index contributed by atoms with van der Waals surface area (Å²) in [6.07, 6.45) is 1.66. The predicted octanol–water partition coefficient (Wildman–Crippen LogP) is 5.09. The number of halogens is 3. The minimum atomic E-state index is -4.20. The van der Waals surface area contributed by atoms with Crippen molar-refractivity contribution in [2.45, 2.75) is 63.3 Å². The third kappa shape index (κ3) is 5.47. The summed E-state index contributed by atoms with van der Waals surface area (Å²) in [5.74, 6) is 0.562. The number of pyridine rings is 1. The molecule has 0 atom stereocenters. The summed E-state index contributed by atoms with van der Waals surface area (Å²) in [5.41, 5.74) is 3.62. The molecule has 0 spiro atoms. The molecule has 0 radical (unpaired) electrons. The smallest absolute Gasteiger partial charge is 0.378 e. The number of morpholine rings is 1. The first-order chi connectivity index (χ1) is 18.4. The van der Waals surface area contributed by atoms with Gasteiger partial charge in [-0.1, -0.05) is 6.07 Å². The Morgan fingerprint density at radius 3 is 2.45 bits per heavy atom. The van der Waals surface area contributed by atoms with E-state index in [2.05, 4.69) is 27.3 Å². The van der Waals surface area contributed by atoms with E-state index in [4.69, 9.17) is 4.74 Å². The molecule has 1 amide bonds. The topological polar surface area (TPSA) is 60.9 Å². The molecular weight excluding hydrogens is 495 g/mol. The summed E-state index contributed by atoms with van der Waals surface area (Å²) in [5, 5.41) is 3.42. The number of aromatic nitrogens is 1. The fourth-order valence-corrected chi connectivity index (χ4v) is 6.17. The number of hydrogen-bond donors (Lipinski definition) is 1. The summed E-state index contributed by atoms with van der Waals surface area (Å²) in [7, 11) is 0. The van der Waals surface area contributed by atoms with E-state index in [9.17, 15) is 18.0 Å². The Hall–Kier alpha value is -2.85. The molecule has 38 heavy (non-hydrogen) atoms. The lowest BCUT2D eigenvalue weighted by Gasteiger charge is -2.38. The number of anilines is 4. The number of carbonyl (C=O) groups excluding carboxylic acids is 1. The number of rotatable bonds is 5. The number of carbonyl (C=O) groups is 1. The van der Waals surface area contributed by atoms with Gasteiger partial charge in [0.05, 0.1) is 37.7 Å². The lowest BCUT2D eigenvalue weighted by atomic mass is 9.84. The van der Waals surface area contributed by atoms with E-state index in [1.807, 2.05) is 23.1 Å². The zero-order chi connectivity index (χ0) is 26.3. The van der Waals surface area contributed by atoms with E-state index >= 15 is 0 Å². The minimum absolute atomic E-state index is 0.0381. The third-order valence-electron chi connectivity index (χ3n) is 8.28. The quantitative estimate of drug-likeness (QED) is 0.582. The Morgan fingerprint density at radius 2 is 1.76 bits per heavy atom. The van der Waals surface area contributed by atoms with Crippen LogP contribution in [-0.4, -0.2) is 66.9 Å². The van der Waals surface area contributed by atoms with Crippen LogP contribution in [-0.2, 0) is 16.1 Å². The third-order valence-corrected chi connectivity index (χ3v) is 8.28. The highest BCUT2D eigenvalue weighted by Gasteiger charge is 2.43. The number of hydrogen-bond acceptors (Lipinski definition) is 6. The van der Waals surface area contributed by atoms with E-state index < -0.39 is 12.7 Å². The molecule has 6 rings (SSSR count). The Balaban J connectivity index is 1.23. The average Bonchev–Trinajstić information content (AvgIpc) is 3.78. The van der Waals surface area contributed by atoms with Crippen molar-refractivity contribution in [1.29, 1.82) is 0 Å². The number of amides is 1. The highest BCUT2D eigenvalue weighted by atomic mass is 19.4. The highest BCUT2D eigenvalue weighted by molar-refractivity contribution is 6.00. The molecule has 204 valence electrons. The molecule has 0 unspecified atom stereocenters. The summed E-state index contributed by atoms with van der Waals surface area (Å²) in [4.78, 5) is 24.4. The van der Waals surface area contributed by atoms with Crippen LogP contribution in [0.3, 0.4) is 0 Å². The zero-order valence-corrected chi connectivity index (χ0v) is 21.4. The van der Waals surface area contributed by atoms with Gasteiger partial charge < -0.3 is 19.9 Å². The van der Waals surface area contributed by atoms with Gasteiger partial charge in [-0.3, -0.25) is 9.69 Å². The van der Waals surface area contributed by atoms with Crippen molar-refractivity contribution in [3.05, 3.63) is 42.1 Å². The normalized spacial score (nSPS) is 23.9. The molecule has 1 N–H and O–H groups in total. The fraction of sp³-hybridized carbons (Fsp3) is 0.571. The van der Waals surface area contributed by atoms with Gasteiger partial charge in [0, 0.05) is 48.5 Å². The molecular formula is C28H34F3N5O2. The molecule has 2 aromatic rings. The molecule has 2 aliphatic heterocycles. The Kier molecular flexibility index (Phi) is 6.94. The van der Waals surface area contributed by atoms with Crippen molar-refractivity contribution in [2.24, 2.45) is 5.92 Å². The fourth-order valence-electron chi connectivity index (χ4n) is 6.17. The molecule has 1 aromatic carbocycles. The molecule has 10 heteroatoms. The van der Waals surface area contributed by atoms with Crippen LogP contribution in [0.4, 0.5) is 36.1 Å². The number of nitrogens with one attached hydrogen (secondary N) is 1. The largest absolute Gasteiger partial charge is 0.401 e. The number of ether oxygens (including phenoxy) is 1. The Bertz CT molecular complexity index is 1160. The first kappa shape index (κ1) is 25.4. The minimum Gasteiger partial charge on any atom is -0.378 e. The SMILES string of the molecule is O=C([C@H]1CC[C@@H](N(CC(F)(F)F)C2CC2)CC1)N1Cc2cccnc2Nc2ccc(N3CCOCC3)cc21. The summed E-state index contributed by atoms with van der Waals surface area (Å²) in [6.45, 7) is 2.48. The number of fused-ring (bicyclic) bond motifs is 2. The van der Waals surface area contributed by atoms with E-state index in [0.717, 1.165) is 54.4 Å². The molecule has 0 bridgehead atoms. The summed E-state index contributed by atoms with van der Waals surface area (Å²) >= 11 is 0. The Morgan fingerprint density at radius 1 is 1.05 bits per heavy atom. The highest BCUT2D eigenvalue weighted by Crippen LogP contribution is 2.41. The first-order valence-electron chi connectivity index (χ1n) is 13.7. The van der Waals surface area contributed by atoms with Crippen LogP contribution in [0.15, 0.2) is 36.5 Å². The van der Waals surface area contributed by atoms with Crippen LogP contribution in [0.2, 0.25) is 0 Å². The lowest BCUT2D eigenvalue weighted by Crippen LogP contribution is -2.46. The molecule has 7 nitrogen and oxygen atoms in total. The van der Waals surface area contributed by atoms with Gasteiger partial charge in [-0.05, 0) is 62.8 Å².